The summed E-state index contributed by atoms with van der Waals surface area (Å²) in [6, 6.07) is 4.53. The minimum absolute atomic E-state index is 0.356. The molecular formula is C11H17NOS2. The van der Waals surface area contributed by atoms with Crippen molar-refractivity contribution in [3.8, 4) is 0 Å². The van der Waals surface area contributed by atoms with Gasteiger partial charge in [0, 0.05) is 11.3 Å². The van der Waals surface area contributed by atoms with Crippen LogP contribution in [0.2, 0.25) is 0 Å². The van der Waals surface area contributed by atoms with Crippen LogP contribution in [0, 0.1) is 0 Å². The molecule has 1 aliphatic carbocycles. The quantitative estimate of drug-likeness (QED) is 0.883. The molecule has 1 aliphatic rings. The standard InChI is InChI=1S/C11H17NOS2/c1-12-9-4-2-5-10(8-9)15(13)11-6-3-7-14-11/h3,6-7,9-10,12H,2,4-5,8H2,1H3. The van der Waals surface area contributed by atoms with Crippen LogP contribution < -0.4 is 5.32 Å². The summed E-state index contributed by atoms with van der Waals surface area (Å²) in [7, 11) is 1.22. The summed E-state index contributed by atoms with van der Waals surface area (Å²) in [5.74, 6) is 0. The second-order valence-electron chi connectivity index (χ2n) is 4.00. The molecule has 0 radical (unpaired) electrons. The molecule has 0 saturated heterocycles. The maximum atomic E-state index is 12.2. The van der Waals surface area contributed by atoms with Crippen molar-refractivity contribution in [2.45, 2.75) is 41.2 Å². The Labute approximate surface area is 97.5 Å². The van der Waals surface area contributed by atoms with Crippen LogP contribution in [0.4, 0.5) is 0 Å². The molecule has 84 valence electrons. The third kappa shape index (κ3) is 2.68. The van der Waals surface area contributed by atoms with E-state index in [0.717, 1.165) is 17.1 Å². The van der Waals surface area contributed by atoms with E-state index in [0.29, 0.717) is 11.3 Å². The van der Waals surface area contributed by atoms with Crippen molar-refractivity contribution >= 4 is 22.1 Å². The van der Waals surface area contributed by atoms with Crippen molar-refractivity contribution in [3.63, 3.8) is 0 Å². The Balaban J connectivity index is 2.01. The van der Waals surface area contributed by atoms with Crippen molar-refractivity contribution in [1.29, 1.82) is 0 Å². The molecule has 15 heavy (non-hydrogen) atoms. The van der Waals surface area contributed by atoms with Gasteiger partial charge in [0.05, 0.1) is 15.0 Å². The minimum Gasteiger partial charge on any atom is -0.317 e. The summed E-state index contributed by atoms with van der Waals surface area (Å²) in [6.45, 7) is 0. The van der Waals surface area contributed by atoms with Crippen LogP contribution in [0.5, 0.6) is 0 Å². The third-order valence-corrected chi connectivity index (χ3v) is 6.04. The Hall–Kier alpha value is -0.190. The molecular weight excluding hydrogens is 226 g/mol. The number of thiophene rings is 1. The lowest BCUT2D eigenvalue weighted by Crippen LogP contribution is -2.35. The highest BCUT2D eigenvalue weighted by atomic mass is 32.2. The van der Waals surface area contributed by atoms with E-state index in [1.807, 2.05) is 24.6 Å². The second-order valence-corrected chi connectivity index (χ2v) is 6.91. The summed E-state index contributed by atoms with van der Waals surface area (Å²) in [4.78, 5) is 0. The van der Waals surface area contributed by atoms with Crippen molar-refractivity contribution < 1.29 is 4.21 Å². The summed E-state index contributed by atoms with van der Waals surface area (Å²) in [5.41, 5.74) is 0. The van der Waals surface area contributed by atoms with Gasteiger partial charge in [0.2, 0.25) is 0 Å². The molecule has 0 spiro atoms. The molecule has 1 aromatic heterocycles. The molecule has 1 fully saturated rings. The fourth-order valence-electron chi connectivity index (χ4n) is 2.14. The maximum Gasteiger partial charge on any atom is 0.0913 e. The van der Waals surface area contributed by atoms with Crippen molar-refractivity contribution in [3.05, 3.63) is 17.5 Å². The Morgan fingerprint density at radius 1 is 1.53 bits per heavy atom. The van der Waals surface area contributed by atoms with Gasteiger partial charge in [0.25, 0.3) is 0 Å². The Kier molecular flexibility index (Phi) is 3.94. The highest BCUT2D eigenvalue weighted by Crippen LogP contribution is 2.27. The smallest absolute Gasteiger partial charge is 0.0913 e. The van der Waals surface area contributed by atoms with Crippen molar-refractivity contribution in [1.82, 2.24) is 5.32 Å². The summed E-state index contributed by atoms with van der Waals surface area (Å²) < 4.78 is 13.3. The maximum absolute atomic E-state index is 12.2. The van der Waals surface area contributed by atoms with Crippen molar-refractivity contribution in [2.75, 3.05) is 7.05 Å². The largest absolute Gasteiger partial charge is 0.317 e. The van der Waals surface area contributed by atoms with Crippen LogP contribution in [0.25, 0.3) is 0 Å². The minimum atomic E-state index is -0.783. The Morgan fingerprint density at radius 2 is 2.40 bits per heavy atom. The second kappa shape index (κ2) is 5.23. The van der Waals surface area contributed by atoms with E-state index in [-0.39, 0.29) is 0 Å². The number of nitrogens with one attached hydrogen (secondary N) is 1. The average Bonchev–Trinajstić information content (AvgIpc) is 2.81. The molecule has 4 heteroatoms. The van der Waals surface area contributed by atoms with Gasteiger partial charge in [0.15, 0.2) is 0 Å². The SMILES string of the molecule is CNC1CCCC(S(=O)c2cccs2)C1. The zero-order valence-corrected chi connectivity index (χ0v) is 10.6. The molecule has 1 saturated carbocycles. The molecule has 3 unspecified atom stereocenters. The first-order valence-electron chi connectivity index (χ1n) is 5.42. The van der Waals surface area contributed by atoms with E-state index in [1.165, 1.54) is 12.8 Å². The van der Waals surface area contributed by atoms with Gasteiger partial charge in [-0.1, -0.05) is 12.5 Å². The van der Waals surface area contributed by atoms with Crippen LogP contribution >= 0.6 is 11.3 Å². The third-order valence-electron chi connectivity index (χ3n) is 3.03. The van der Waals surface area contributed by atoms with Gasteiger partial charge < -0.3 is 5.32 Å². The molecule has 1 N–H and O–H groups in total. The van der Waals surface area contributed by atoms with Gasteiger partial charge in [-0.15, -0.1) is 11.3 Å². The Bertz CT molecular complexity index is 323. The molecule has 2 rings (SSSR count). The molecule has 0 bridgehead atoms. The highest BCUT2D eigenvalue weighted by Gasteiger charge is 2.26. The lowest BCUT2D eigenvalue weighted by Gasteiger charge is -2.27. The lowest BCUT2D eigenvalue weighted by molar-refractivity contribution is 0.398. The number of hydrogen-bond acceptors (Lipinski definition) is 3. The van der Waals surface area contributed by atoms with E-state index >= 15 is 0 Å². The van der Waals surface area contributed by atoms with Crippen LogP contribution in [0.3, 0.4) is 0 Å². The van der Waals surface area contributed by atoms with Gasteiger partial charge in [0.1, 0.15) is 0 Å². The van der Waals surface area contributed by atoms with E-state index in [2.05, 4.69) is 5.32 Å². The van der Waals surface area contributed by atoms with Gasteiger partial charge >= 0.3 is 0 Å². The molecule has 0 aliphatic heterocycles. The van der Waals surface area contributed by atoms with E-state index in [9.17, 15) is 4.21 Å². The predicted octanol–water partition coefficient (Wildman–Crippen LogP) is 2.39. The Morgan fingerprint density at radius 3 is 3.07 bits per heavy atom. The topological polar surface area (TPSA) is 29.1 Å². The van der Waals surface area contributed by atoms with Crippen LogP contribution in [0.15, 0.2) is 21.7 Å². The van der Waals surface area contributed by atoms with E-state index < -0.39 is 10.8 Å². The molecule has 1 heterocycles. The van der Waals surface area contributed by atoms with Gasteiger partial charge in [-0.3, -0.25) is 4.21 Å². The molecule has 1 aromatic rings. The normalized spacial score (nSPS) is 28.9. The van der Waals surface area contributed by atoms with Gasteiger partial charge in [-0.25, -0.2) is 0 Å². The summed E-state index contributed by atoms with van der Waals surface area (Å²) >= 11 is 1.61. The fourth-order valence-corrected chi connectivity index (χ4v) is 4.88. The summed E-state index contributed by atoms with van der Waals surface area (Å²) in [6.07, 6.45) is 4.60. The van der Waals surface area contributed by atoms with E-state index in [1.54, 1.807) is 11.3 Å². The first-order valence-corrected chi connectivity index (χ1v) is 7.52. The van der Waals surface area contributed by atoms with E-state index in [4.69, 9.17) is 0 Å². The lowest BCUT2D eigenvalue weighted by atomic mass is 9.95. The van der Waals surface area contributed by atoms with Crippen LogP contribution in [0.1, 0.15) is 25.7 Å². The van der Waals surface area contributed by atoms with Gasteiger partial charge in [-0.2, -0.15) is 0 Å². The average molecular weight is 243 g/mol. The molecule has 3 atom stereocenters. The summed E-state index contributed by atoms with van der Waals surface area (Å²) in [5, 5.41) is 5.66. The number of hydrogen-bond donors (Lipinski definition) is 1. The predicted molar refractivity (Wildman–Crippen MR) is 65.8 cm³/mol. The monoisotopic (exact) mass is 243 g/mol. The fraction of sp³-hybridized carbons (Fsp3) is 0.636. The molecule has 0 amide bonds. The zero-order valence-electron chi connectivity index (χ0n) is 8.94. The zero-order chi connectivity index (χ0) is 10.7. The molecule has 2 nitrogen and oxygen atoms in total. The first kappa shape index (κ1) is 11.3. The van der Waals surface area contributed by atoms with Gasteiger partial charge in [-0.05, 0) is 37.8 Å². The van der Waals surface area contributed by atoms with Crippen LogP contribution in [-0.2, 0) is 10.8 Å². The first-order chi connectivity index (χ1) is 7.31. The van der Waals surface area contributed by atoms with Crippen molar-refractivity contribution in [2.24, 2.45) is 0 Å². The highest BCUT2D eigenvalue weighted by molar-refractivity contribution is 7.87. The number of rotatable bonds is 3. The molecule has 0 aromatic carbocycles. The van der Waals surface area contributed by atoms with Crippen LogP contribution in [-0.4, -0.2) is 22.5 Å².